The fraction of sp³-hybridized carbons (Fsp3) is 0.333. The molecule has 0 aliphatic carbocycles. The van der Waals surface area contributed by atoms with E-state index in [0.29, 0.717) is 6.42 Å². The summed E-state index contributed by atoms with van der Waals surface area (Å²) in [6, 6.07) is 2.79. The maximum atomic E-state index is 12.5. The third-order valence-corrected chi connectivity index (χ3v) is 3.18. The van der Waals surface area contributed by atoms with Gasteiger partial charge in [0.2, 0.25) is 5.95 Å². The summed E-state index contributed by atoms with van der Waals surface area (Å²) in [5.41, 5.74) is 0.199. The van der Waals surface area contributed by atoms with Crippen molar-refractivity contribution in [2.24, 2.45) is 0 Å². The van der Waals surface area contributed by atoms with E-state index >= 15 is 0 Å². The molecule has 0 radical (unpaired) electrons. The Morgan fingerprint density at radius 1 is 1.37 bits per heavy atom. The fourth-order valence-corrected chi connectivity index (χ4v) is 2.30. The molecule has 0 aliphatic heterocycles. The van der Waals surface area contributed by atoms with Crippen LogP contribution in [0.4, 0.5) is 19.1 Å². The highest BCUT2D eigenvalue weighted by Gasteiger charge is 2.32. The molecule has 0 bridgehead atoms. The largest absolute Gasteiger partial charge is 0.433 e. The van der Waals surface area contributed by atoms with Crippen molar-refractivity contribution in [3.63, 3.8) is 0 Å². The molecule has 0 aliphatic rings. The van der Waals surface area contributed by atoms with E-state index in [2.05, 4.69) is 15.3 Å². The molecule has 0 saturated carbocycles. The quantitative estimate of drug-likeness (QED) is 0.933. The highest BCUT2D eigenvalue weighted by atomic mass is 32.1. The Morgan fingerprint density at radius 2 is 2.16 bits per heavy atom. The highest BCUT2D eigenvalue weighted by Crippen LogP contribution is 2.27. The van der Waals surface area contributed by atoms with Gasteiger partial charge in [-0.15, -0.1) is 0 Å². The summed E-state index contributed by atoms with van der Waals surface area (Å²) < 4.78 is 37.5. The number of alkyl halides is 3. The van der Waals surface area contributed by atoms with Crippen molar-refractivity contribution in [3.05, 3.63) is 40.3 Å². The number of halogens is 3. The van der Waals surface area contributed by atoms with Gasteiger partial charge in [-0.3, -0.25) is 0 Å². The van der Waals surface area contributed by atoms with Gasteiger partial charge in [-0.1, -0.05) is 0 Å². The SMILES string of the molecule is C[C@@H](Cc1ccsc1)Nc1nccc(C(F)(F)F)n1. The van der Waals surface area contributed by atoms with Crippen molar-refractivity contribution in [2.45, 2.75) is 25.6 Å². The molecular formula is C12H12F3N3S. The summed E-state index contributed by atoms with van der Waals surface area (Å²) in [6.45, 7) is 1.88. The second-order valence-electron chi connectivity index (χ2n) is 4.14. The number of rotatable bonds is 4. The first-order valence-corrected chi connectivity index (χ1v) is 6.57. The van der Waals surface area contributed by atoms with Crippen LogP contribution >= 0.6 is 11.3 Å². The summed E-state index contributed by atoms with van der Waals surface area (Å²) in [6.07, 6.45) is -2.63. The first-order valence-electron chi connectivity index (χ1n) is 5.63. The molecule has 19 heavy (non-hydrogen) atoms. The third-order valence-electron chi connectivity index (χ3n) is 2.44. The molecule has 2 aromatic heterocycles. The fourth-order valence-electron chi connectivity index (χ4n) is 1.62. The Hall–Kier alpha value is -1.63. The molecule has 2 rings (SSSR count). The summed E-state index contributed by atoms with van der Waals surface area (Å²) in [5.74, 6) is -0.00226. The minimum Gasteiger partial charge on any atom is -0.351 e. The van der Waals surface area contributed by atoms with Gasteiger partial charge in [0, 0.05) is 12.2 Å². The lowest BCUT2D eigenvalue weighted by Gasteiger charge is -2.14. The van der Waals surface area contributed by atoms with Crippen LogP contribution in [0.5, 0.6) is 0 Å². The monoisotopic (exact) mass is 287 g/mol. The van der Waals surface area contributed by atoms with Gasteiger partial charge in [-0.05, 0) is 41.8 Å². The second-order valence-corrected chi connectivity index (χ2v) is 4.92. The molecule has 0 fully saturated rings. The molecule has 0 saturated heterocycles. The zero-order chi connectivity index (χ0) is 13.9. The molecule has 0 aromatic carbocycles. The Morgan fingerprint density at radius 3 is 2.79 bits per heavy atom. The van der Waals surface area contributed by atoms with Gasteiger partial charge in [0.25, 0.3) is 0 Å². The lowest BCUT2D eigenvalue weighted by atomic mass is 10.1. The standard InChI is InChI=1S/C12H12F3N3S/c1-8(6-9-3-5-19-7-9)17-11-16-4-2-10(18-11)12(13,14)15/h2-5,7-8H,6H2,1H3,(H,16,17,18)/t8-/m0/s1. The number of hydrogen-bond donors (Lipinski definition) is 1. The number of hydrogen-bond acceptors (Lipinski definition) is 4. The molecule has 2 aromatic rings. The van der Waals surface area contributed by atoms with Crippen LogP contribution in [-0.4, -0.2) is 16.0 Å². The molecule has 3 nitrogen and oxygen atoms in total. The molecule has 2 heterocycles. The first-order chi connectivity index (χ1) is 8.95. The van der Waals surface area contributed by atoms with Gasteiger partial charge in [-0.25, -0.2) is 9.97 Å². The Labute approximate surface area is 112 Å². The topological polar surface area (TPSA) is 37.8 Å². The van der Waals surface area contributed by atoms with Gasteiger partial charge in [0.1, 0.15) is 5.69 Å². The molecule has 1 atom stereocenters. The molecule has 0 spiro atoms. The lowest BCUT2D eigenvalue weighted by Crippen LogP contribution is -2.20. The minimum absolute atomic E-state index is 0.00226. The predicted molar refractivity (Wildman–Crippen MR) is 68.1 cm³/mol. The predicted octanol–water partition coefficient (Wildman–Crippen LogP) is 3.60. The summed E-state index contributed by atoms with van der Waals surface area (Å²) in [7, 11) is 0. The maximum Gasteiger partial charge on any atom is 0.433 e. The van der Waals surface area contributed by atoms with Crippen LogP contribution in [0.15, 0.2) is 29.1 Å². The number of nitrogens with one attached hydrogen (secondary N) is 1. The minimum atomic E-state index is -4.45. The van der Waals surface area contributed by atoms with Gasteiger partial charge < -0.3 is 5.32 Å². The van der Waals surface area contributed by atoms with E-state index in [-0.39, 0.29) is 12.0 Å². The van der Waals surface area contributed by atoms with Crippen molar-refractivity contribution in [1.82, 2.24) is 9.97 Å². The zero-order valence-electron chi connectivity index (χ0n) is 10.1. The van der Waals surface area contributed by atoms with Crippen LogP contribution in [0.1, 0.15) is 18.2 Å². The normalized spacial score (nSPS) is 13.3. The Bertz CT molecular complexity index is 525. The van der Waals surface area contributed by atoms with E-state index in [1.807, 2.05) is 23.8 Å². The average Bonchev–Trinajstić information content (AvgIpc) is 2.80. The van der Waals surface area contributed by atoms with Crippen molar-refractivity contribution >= 4 is 17.3 Å². The number of thiophene rings is 1. The second kappa shape index (κ2) is 5.56. The van der Waals surface area contributed by atoms with Crippen LogP contribution in [0, 0.1) is 0 Å². The molecule has 0 amide bonds. The summed E-state index contributed by atoms with van der Waals surface area (Å²) in [5, 5.41) is 6.84. The van der Waals surface area contributed by atoms with Crippen LogP contribution in [0.3, 0.4) is 0 Å². The average molecular weight is 287 g/mol. The van der Waals surface area contributed by atoms with Gasteiger partial charge in [0.15, 0.2) is 0 Å². The third kappa shape index (κ3) is 3.92. The van der Waals surface area contributed by atoms with Gasteiger partial charge >= 0.3 is 6.18 Å². The number of aromatic nitrogens is 2. The van der Waals surface area contributed by atoms with Crippen LogP contribution < -0.4 is 5.32 Å². The molecule has 0 unspecified atom stereocenters. The van der Waals surface area contributed by atoms with E-state index in [1.54, 1.807) is 11.3 Å². The molecule has 1 N–H and O–H groups in total. The first kappa shape index (κ1) is 13.8. The summed E-state index contributed by atoms with van der Waals surface area (Å²) in [4.78, 5) is 7.27. The van der Waals surface area contributed by atoms with Crippen molar-refractivity contribution in [3.8, 4) is 0 Å². The van der Waals surface area contributed by atoms with E-state index in [4.69, 9.17) is 0 Å². The van der Waals surface area contributed by atoms with E-state index in [1.165, 1.54) is 0 Å². The van der Waals surface area contributed by atoms with Gasteiger partial charge in [0.05, 0.1) is 0 Å². The Kier molecular flexibility index (Phi) is 4.04. The molecular weight excluding hydrogens is 275 g/mol. The lowest BCUT2D eigenvalue weighted by molar-refractivity contribution is -0.141. The summed E-state index contributed by atoms with van der Waals surface area (Å²) >= 11 is 1.59. The van der Waals surface area contributed by atoms with Crippen LogP contribution in [0.2, 0.25) is 0 Å². The van der Waals surface area contributed by atoms with Crippen molar-refractivity contribution < 1.29 is 13.2 Å². The van der Waals surface area contributed by atoms with E-state index < -0.39 is 11.9 Å². The van der Waals surface area contributed by atoms with Gasteiger partial charge in [-0.2, -0.15) is 24.5 Å². The number of nitrogens with zero attached hydrogens (tertiary/aromatic N) is 2. The van der Waals surface area contributed by atoms with Crippen molar-refractivity contribution in [1.29, 1.82) is 0 Å². The molecule has 7 heteroatoms. The highest BCUT2D eigenvalue weighted by molar-refractivity contribution is 7.07. The van der Waals surface area contributed by atoms with Crippen LogP contribution in [0.25, 0.3) is 0 Å². The molecule has 102 valence electrons. The smallest absolute Gasteiger partial charge is 0.351 e. The maximum absolute atomic E-state index is 12.5. The van der Waals surface area contributed by atoms with E-state index in [0.717, 1.165) is 17.8 Å². The number of anilines is 1. The zero-order valence-corrected chi connectivity index (χ0v) is 10.9. The van der Waals surface area contributed by atoms with Crippen molar-refractivity contribution in [2.75, 3.05) is 5.32 Å². The Balaban J connectivity index is 2.03. The van der Waals surface area contributed by atoms with E-state index in [9.17, 15) is 13.2 Å². The van der Waals surface area contributed by atoms with Crippen LogP contribution in [-0.2, 0) is 12.6 Å².